The number of amides is 1. The maximum Gasteiger partial charge on any atom is 0.305 e. The Morgan fingerprint density at radius 3 is 2.85 bits per heavy atom. The molecule has 2 heterocycles. The monoisotopic (exact) mass is 281 g/mol. The first-order valence-electron chi connectivity index (χ1n) is 6.74. The van der Waals surface area contributed by atoms with Gasteiger partial charge < -0.3 is 19.2 Å². The number of carboxylic acid groups (broad SMARTS) is 1. The van der Waals surface area contributed by atoms with Gasteiger partial charge in [-0.2, -0.15) is 0 Å². The van der Waals surface area contributed by atoms with E-state index in [1.54, 1.807) is 17.9 Å². The number of aryl methyl sites for hydroxylation is 1. The Morgan fingerprint density at radius 1 is 1.50 bits per heavy atom. The van der Waals surface area contributed by atoms with E-state index in [1.807, 2.05) is 0 Å². The van der Waals surface area contributed by atoms with Gasteiger partial charge in [-0.15, -0.1) is 0 Å². The van der Waals surface area contributed by atoms with Gasteiger partial charge in [-0.3, -0.25) is 9.59 Å². The Kier molecular flexibility index (Phi) is 4.79. The smallest absolute Gasteiger partial charge is 0.305 e. The number of hydrogen-bond acceptors (Lipinski definition) is 4. The molecule has 2 rings (SSSR count). The zero-order valence-electron chi connectivity index (χ0n) is 11.5. The van der Waals surface area contributed by atoms with Crippen LogP contribution in [0.4, 0.5) is 0 Å². The Labute approximate surface area is 117 Å². The second-order valence-corrected chi connectivity index (χ2v) is 4.92. The Balaban J connectivity index is 2.05. The maximum absolute atomic E-state index is 12.4. The lowest BCUT2D eigenvalue weighted by atomic mass is 10.2. The van der Waals surface area contributed by atoms with Crippen molar-refractivity contribution in [2.24, 2.45) is 0 Å². The summed E-state index contributed by atoms with van der Waals surface area (Å²) in [4.78, 5) is 24.7. The summed E-state index contributed by atoms with van der Waals surface area (Å²) in [6, 6.07) is 1.61. The van der Waals surface area contributed by atoms with Crippen molar-refractivity contribution in [1.29, 1.82) is 0 Å². The lowest BCUT2D eigenvalue weighted by Gasteiger charge is -2.24. The number of rotatable bonds is 6. The van der Waals surface area contributed by atoms with Gasteiger partial charge in [0.15, 0.2) is 0 Å². The van der Waals surface area contributed by atoms with Gasteiger partial charge in [0.1, 0.15) is 5.76 Å². The zero-order chi connectivity index (χ0) is 14.5. The summed E-state index contributed by atoms with van der Waals surface area (Å²) in [6.45, 7) is 3.03. The second-order valence-electron chi connectivity index (χ2n) is 4.92. The van der Waals surface area contributed by atoms with Crippen LogP contribution in [0, 0.1) is 6.92 Å². The number of carboxylic acids is 1. The molecule has 0 aliphatic carbocycles. The standard InChI is InChI=1S/C14H19NO5/c1-10-12(5-8-19-10)14(18)15(6-4-13(16)17)9-11-3-2-7-20-11/h5,8,11H,2-4,6-7,9H2,1H3,(H,16,17)/t11-/m0/s1. The summed E-state index contributed by atoms with van der Waals surface area (Å²) in [7, 11) is 0. The van der Waals surface area contributed by atoms with Gasteiger partial charge in [0.05, 0.1) is 24.4 Å². The molecule has 6 nitrogen and oxygen atoms in total. The number of hydrogen-bond donors (Lipinski definition) is 1. The van der Waals surface area contributed by atoms with Gasteiger partial charge in [-0.1, -0.05) is 0 Å². The molecule has 1 fully saturated rings. The van der Waals surface area contributed by atoms with Gasteiger partial charge in [-0.25, -0.2) is 0 Å². The molecular formula is C14H19NO5. The number of aliphatic carboxylic acids is 1. The molecule has 1 atom stereocenters. The van der Waals surface area contributed by atoms with E-state index < -0.39 is 5.97 Å². The van der Waals surface area contributed by atoms with Crippen LogP contribution in [0.25, 0.3) is 0 Å². The first kappa shape index (κ1) is 14.6. The third kappa shape index (κ3) is 3.60. The topological polar surface area (TPSA) is 80.0 Å². The molecule has 1 N–H and O–H groups in total. The van der Waals surface area contributed by atoms with Crippen molar-refractivity contribution < 1.29 is 23.8 Å². The molecule has 1 aromatic rings. The fraction of sp³-hybridized carbons (Fsp3) is 0.571. The van der Waals surface area contributed by atoms with Crippen molar-refractivity contribution in [3.63, 3.8) is 0 Å². The molecule has 0 aromatic carbocycles. The minimum absolute atomic E-state index is 0.0000444. The normalized spacial score (nSPS) is 18.1. The number of ether oxygens (including phenoxy) is 1. The molecule has 1 aliphatic heterocycles. The van der Waals surface area contributed by atoms with Crippen LogP contribution in [0.2, 0.25) is 0 Å². The zero-order valence-corrected chi connectivity index (χ0v) is 11.5. The first-order valence-corrected chi connectivity index (χ1v) is 6.74. The molecule has 1 amide bonds. The van der Waals surface area contributed by atoms with Crippen LogP contribution >= 0.6 is 0 Å². The van der Waals surface area contributed by atoms with Crippen molar-refractivity contribution in [2.45, 2.75) is 32.3 Å². The van der Waals surface area contributed by atoms with E-state index in [-0.39, 0.29) is 25.0 Å². The van der Waals surface area contributed by atoms with E-state index in [0.717, 1.165) is 12.8 Å². The molecular weight excluding hydrogens is 262 g/mol. The Morgan fingerprint density at radius 2 is 2.30 bits per heavy atom. The quantitative estimate of drug-likeness (QED) is 0.858. The molecule has 110 valence electrons. The lowest BCUT2D eigenvalue weighted by Crippen LogP contribution is -2.38. The van der Waals surface area contributed by atoms with E-state index >= 15 is 0 Å². The third-order valence-electron chi connectivity index (χ3n) is 3.42. The number of carbonyl (C=O) groups excluding carboxylic acids is 1. The van der Waals surface area contributed by atoms with Crippen molar-refractivity contribution in [3.05, 3.63) is 23.7 Å². The maximum atomic E-state index is 12.4. The average molecular weight is 281 g/mol. The molecule has 0 saturated carbocycles. The molecule has 0 unspecified atom stereocenters. The van der Waals surface area contributed by atoms with Crippen LogP contribution in [0.15, 0.2) is 16.7 Å². The van der Waals surface area contributed by atoms with Crippen LogP contribution in [0.3, 0.4) is 0 Å². The van der Waals surface area contributed by atoms with Gasteiger partial charge in [0, 0.05) is 19.7 Å². The molecule has 1 saturated heterocycles. The Hall–Kier alpha value is -1.82. The lowest BCUT2D eigenvalue weighted by molar-refractivity contribution is -0.137. The van der Waals surface area contributed by atoms with Crippen molar-refractivity contribution in [2.75, 3.05) is 19.7 Å². The minimum Gasteiger partial charge on any atom is -0.481 e. The molecule has 0 bridgehead atoms. The second kappa shape index (κ2) is 6.56. The molecule has 0 radical (unpaired) electrons. The first-order chi connectivity index (χ1) is 9.58. The summed E-state index contributed by atoms with van der Waals surface area (Å²) in [5.41, 5.74) is 0.480. The fourth-order valence-corrected chi connectivity index (χ4v) is 2.32. The highest BCUT2D eigenvalue weighted by atomic mass is 16.5. The molecule has 1 aliphatic rings. The van der Waals surface area contributed by atoms with Crippen molar-refractivity contribution in [1.82, 2.24) is 4.90 Å². The molecule has 6 heteroatoms. The highest BCUT2D eigenvalue weighted by Gasteiger charge is 2.25. The van der Waals surface area contributed by atoms with Crippen molar-refractivity contribution in [3.8, 4) is 0 Å². The van der Waals surface area contributed by atoms with Crippen molar-refractivity contribution >= 4 is 11.9 Å². The fourth-order valence-electron chi connectivity index (χ4n) is 2.32. The summed E-state index contributed by atoms with van der Waals surface area (Å²) in [5, 5.41) is 8.80. The molecule has 20 heavy (non-hydrogen) atoms. The van der Waals surface area contributed by atoms with Gasteiger partial charge in [-0.05, 0) is 25.8 Å². The highest BCUT2D eigenvalue weighted by Crippen LogP contribution is 2.17. The van der Waals surface area contributed by atoms with Crippen LogP contribution in [0.5, 0.6) is 0 Å². The largest absolute Gasteiger partial charge is 0.481 e. The van der Waals surface area contributed by atoms with E-state index in [1.165, 1.54) is 6.26 Å². The number of nitrogens with zero attached hydrogens (tertiary/aromatic N) is 1. The Bertz CT molecular complexity index is 476. The summed E-state index contributed by atoms with van der Waals surface area (Å²) < 4.78 is 10.7. The number of carbonyl (C=O) groups is 2. The van der Waals surface area contributed by atoms with Gasteiger partial charge >= 0.3 is 5.97 Å². The van der Waals surface area contributed by atoms with Crippen LogP contribution in [-0.4, -0.2) is 47.7 Å². The van der Waals surface area contributed by atoms with Gasteiger partial charge in [0.25, 0.3) is 5.91 Å². The van der Waals surface area contributed by atoms with Gasteiger partial charge in [0.2, 0.25) is 0 Å². The minimum atomic E-state index is -0.918. The summed E-state index contributed by atoms with van der Waals surface area (Å²) >= 11 is 0. The molecule has 1 aromatic heterocycles. The van der Waals surface area contributed by atoms with E-state index in [9.17, 15) is 9.59 Å². The van der Waals surface area contributed by atoms with Crippen LogP contribution in [0.1, 0.15) is 35.4 Å². The average Bonchev–Trinajstić information content (AvgIpc) is 3.04. The van der Waals surface area contributed by atoms with Crippen LogP contribution < -0.4 is 0 Å². The van der Waals surface area contributed by atoms with Crippen LogP contribution in [-0.2, 0) is 9.53 Å². The predicted octanol–water partition coefficient (Wildman–Crippen LogP) is 1.68. The summed E-state index contributed by atoms with van der Waals surface area (Å²) in [5.74, 6) is -0.574. The van der Waals surface area contributed by atoms with E-state index in [0.29, 0.717) is 24.5 Å². The highest BCUT2D eigenvalue weighted by molar-refractivity contribution is 5.95. The third-order valence-corrected chi connectivity index (χ3v) is 3.42. The molecule has 0 spiro atoms. The van der Waals surface area contributed by atoms with E-state index in [2.05, 4.69) is 0 Å². The SMILES string of the molecule is Cc1occc1C(=O)N(CCC(=O)O)C[C@@H]1CCCO1. The number of furan rings is 1. The summed E-state index contributed by atoms with van der Waals surface area (Å²) in [6.07, 6.45) is 3.27. The predicted molar refractivity (Wildman–Crippen MR) is 70.6 cm³/mol. The van der Waals surface area contributed by atoms with E-state index in [4.69, 9.17) is 14.3 Å².